The Morgan fingerprint density at radius 2 is 1.29 bits per heavy atom. The lowest BCUT2D eigenvalue weighted by molar-refractivity contribution is -0.145. The summed E-state index contributed by atoms with van der Waals surface area (Å²) >= 11 is 0. The van der Waals surface area contributed by atoms with E-state index in [-0.39, 0.29) is 5.75 Å². The van der Waals surface area contributed by atoms with Gasteiger partial charge in [-0.2, -0.15) is 0 Å². The largest absolute Gasteiger partial charge is 0.478 e. The maximum atomic E-state index is 13.5. The number of aliphatic carboxylic acids is 1. The highest BCUT2D eigenvalue weighted by Gasteiger charge is 2.39. The first-order chi connectivity index (χ1) is 22.7. The molecule has 1 atom stereocenters. The van der Waals surface area contributed by atoms with Crippen LogP contribution in [0.5, 0.6) is 5.75 Å². The van der Waals surface area contributed by atoms with Crippen LogP contribution in [0.25, 0.3) is 0 Å². The Balaban J connectivity index is 2.24. The molecule has 0 saturated carbocycles. The zero-order valence-electron chi connectivity index (χ0n) is 29.2. The van der Waals surface area contributed by atoms with E-state index in [2.05, 4.69) is 12.2 Å². The van der Waals surface area contributed by atoms with E-state index >= 15 is 0 Å². The predicted octanol–water partition coefficient (Wildman–Crippen LogP) is 9.11. The number of amides is 1. The number of rotatable bonds is 22. The Morgan fingerprint density at radius 3 is 1.75 bits per heavy atom. The third kappa shape index (κ3) is 12.4. The predicted molar refractivity (Wildman–Crippen MR) is 185 cm³/mol. The fourth-order valence-electron chi connectivity index (χ4n) is 5.76. The molecule has 264 valence electrons. The molecule has 0 bridgehead atoms. The Bertz CT molecular complexity index is 1420. The molecular weight excluding hydrogens is 614 g/mol. The van der Waals surface area contributed by atoms with Crippen LogP contribution in [-0.2, 0) is 16.0 Å². The molecule has 0 aromatic heterocycles. The minimum absolute atomic E-state index is 0.144. The molecule has 0 spiro atoms. The van der Waals surface area contributed by atoms with Crippen LogP contribution in [0, 0.1) is 5.41 Å². The number of hydrogen-bond acceptors (Lipinski definition) is 6. The summed E-state index contributed by atoms with van der Waals surface area (Å²) in [6.45, 7) is 7.80. The molecule has 0 fully saturated rings. The van der Waals surface area contributed by atoms with Crippen LogP contribution < -0.4 is 10.1 Å². The number of hydrogen-bond donors (Lipinski definition) is 4. The van der Waals surface area contributed by atoms with Crippen molar-refractivity contribution in [3.8, 4) is 5.75 Å². The van der Waals surface area contributed by atoms with Gasteiger partial charge in [-0.05, 0) is 36.6 Å². The normalized spacial score (nSPS) is 11.9. The molecular formula is C38H53NO9. The standard InChI is InChI=1S/C38H53NO9/c1-6-7-8-9-10-11-12-13-14-15-16-17-18-20-26-21-19-22-27(23-26)48-33(37(46)47)31-29(39-25(2)40)24-28(35(42)43)30(32(31)36(44)45)34(41)38(3,4)5/h19,21-24,33H,6-18,20H2,1-5H3,(H,39,40)(H,42,43)(H,44,45)(H,46,47). The van der Waals surface area contributed by atoms with Gasteiger partial charge in [0.15, 0.2) is 5.78 Å². The molecule has 0 saturated heterocycles. The second kappa shape index (κ2) is 19.6. The van der Waals surface area contributed by atoms with Crippen LogP contribution >= 0.6 is 0 Å². The van der Waals surface area contributed by atoms with Crippen LogP contribution in [0.3, 0.4) is 0 Å². The van der Waals surface area contributed by atoms with E-state index in [1.165, 1.54) is 91.0 Å². The quantitative estimate of drug-likeness (QED) is 0.0707. The molecule has 0 aliphatic rings. The second-order valence-corrected chi connectivity index (χ2v) is 13.5. The first kappa shape index (κ1) is 40.0. The van der Waals surface area contributed by atoms with Gasteiger partial charge in [-0.25, -0.2) is 14.4 Å². The molecule has 10 heteroatoms. The second-order valence-electron chi connectivity index (χ2n) is 13.5. The number of carbonyl (C=O) groups is 5. The van der Waals surface area contributed by atoms with Gasteiger partial charge in [0.05, 0.1) is 11.1 Å². The maximum absolute atomic E-state index is 13.5. The average Bonchev–Trinajstić information content (AvgIpc) is 3.00. The number of aromatic carboxylic acids is 2. The zero-order chi connectivity index (χ0) is 35.9. The van der Waals surface area contributed by atoms with Crippen LogP contribution in [0.2, 0.25) is 0 Å². The molecule has 10 nitrogen and oxygen atoms in total. The fourth-order valence-corrected chi connectivity index (χ4v) is 5.76. The van der Waals surface area contributed by atoms with Crippen molar-refractivity contribution in [3.05, 3.63) is 58.1 Å². The number of aryl methyl sites for hydroxylation is 1. The van der Waals surface area contributed by atoms with Crippen molar-refractivity contribution in [3.63, 3.8) is 0 Å². The van der Waals surface area contributed by atoms with Gasteiger partial charge in [0.25, 0.3) is 0 Å². The van der Waals surface area contributed by atoms with Gasteiger partial charge in [0.2, 0.25) is 12.0 Å². The monoisotopic (exact) mass is 667 g/mol. The lowest BCUT2D eigenvalue weighted by Crippen LogP contribution is -2.30. The number of Topliss-reactive ketones (excluding diaryl/α,β-unsaturated/α-hetero) is 1. The Labute approximate surface area is 284 Å². The van der Waals surface area contributed by atoms with Gasteiger partial charge in [-0.1, -0.05) is 117 Å². The SMILES string of the molecule is CCCCCCCCCCCCCCCc1cccc(OC(C(=O)O)c2c(NC(C)=O)cc(C(=O)O)c(C(=O)C(C)(C)C)c2C(=O)O)c1. The lowest BCUT2D eigenvalue weighted by atomic mass is 9.80. The van der Waals surface area contributed by atoms with Crippen molar-refractivity contribution >= 4 is 35.3 Å². The third-order valence-corrected chi connectivity index (χ3v) is 8.24. The van der Waals surface area contributed by atoms with E-state index in [0.29, 0.717) is 0 Å². The van der Waals surface area contributed by atoms with Gasteiger partial charge in [0.1, 0.15) is 5.75 Å². The summed E-state index contributed by atoms with van der Waals surface area (Å²) < 4.78 is 5.88. The fraction of sp³-hybridized carbons (Fsp3) is 0.553. The topological polar surface area (TPSA) is 167 Å². The van der Waals surface area contributed by atoms with Crippen LogP contribution in [0.1, 0.15) is 166 Å². The summed E-state index contributed by atoms with van der Waals surface area (Å²) in [5.74, 6) is -6.33. The molecule has 0 aliphatic carbocycles. The van der Waals surface area contributed by atoms with Gasteiger partial charge in [-0.15, -0.1) is 0 Å². The van der Waals surface area contributed by atoms with E-state index in [9.17, 15) is 39.3 Å². The molecule has 4 N–H and O–H groups in total. The van der Waals surface area contributed by atoms with Crippen LogP contribution in [0.4, 0.5) is 5.69 Å². The molecule has 0 aliphatic heterocycles. The number of benzene rings is 2. The maximum Gasteiger partial charge on any atom is 0.349 e. The summed E-state index contributed by atoms with van der Waals surface area (Å²) in [5.41, 5.74) is -3.44. The number of ether oxygens (including phenoxy) is 1. The van der Waals surface area contributed by atoms with Crippen LogP contribution in [0.15, 0.2) is 30.3 Å². The Kier molecular flexibility index (Phi) is 16.3. The highest BCUT2D eigenvalue weighted by atomic mass is 16.5. The van der Waals surface area contributed by atoms with Crippen molar-refractivity contribution in [1.29, 1.82) is 0 Å². The Hall–Kier alpha value is -4.21. The van der Waals surface area contributed by atoms with E-state index in [1.807, 2.05) is 6.07 Å². The van der Waals surface area contributed by atoms with E-state index in [1.54, 1.807) is 12.1 Å². The summed E-state index contributed by atoms with van der Waals surface area (Å²) in [6.07, 6.45) is 14.8. The molecule has 0 heterocycles. The first-order valence-corrected chi connectivity index (χ1v) is 17.2. The Morgan fingerprint density at radius 1 is 0.750 bits per heavy atom. The smallest absolute Gasteiger partial charge is 0.349 e. The minimum Gasteiger partial charge on any atom is -0.478 e. The van der Waals surface area contributed by atoms with Gasteiger partial charge < -0.3 is 25.4 Å². The highest BCUT2D eigenvalue weighted by Crippen LogP contribution is 2.38. The summed E-state index contributed by atoms with van der Waals surface area (Å²) in [7, 11) is 0. The average molecular weight is 668 g/mol. The van der Waals surface area contributed by atoms with Gasteiger partial charge in [0, 0.05) is 29.2 Å². The van der Waals surface area contributed by atoms with E-state index in [4.69, 9.17) is 4.74 Å². The first-order valence-electron chi connectivity index (χ1n) is 17.2. The molecule has 2 aromatic carbocycles. The number of nitrogens with one attached hydrogen (secondary N) is 1. The molecule has 48 heavy (non-hydrogen) atoms. The summed E-state index contributed by atoms with van der Waals surface area (Å²) in [5, 5.41) is 32.9. The van der Waals surface area contributed by atoms with E-state index in [0.717, 1.165) is 44.2 Å². The lowest BCUT2D eigenvalue weighted by Gasteiger charge is -2.26. The van der Waals surface area contributed by atoms with Crippen molar-refractivity contribution in [2.24, 2.45) is 5.41 Å². The van der Waals surface area contributed by atoms with Gasteiger partial charge in [-0.3, -0.25) is 9.59 Å². The molecule has 0 radical (unpaired) electrons. The number of carboxylic acid groups (broad SMARTS) is 3. The summed E-state index contributed by atoms with van der Waals surface area (Å²) in [4.78, 5) is 63.2. The van der Waals surface area contributed by atoms with Crippen molar-refractivity contribution in [2.45, 2.75) is 131 Å². The van der Waals surface area contributed by atoms with Gasteiger partial charge >= 0.3 is 17.9 Å². The summed E-state index contributed by atoms with van der Waals surface area (Å²) in [6, 6.07) is 7.74. The number of anilines is 1. The molecule has 1 amide bonds. The number of unbranched alkanes of at least 4 members (excludes halogenated alkanes) is 12. The third-order valence-electron chi connectivity index (χ3n) is 8.24. The van der Waals surface area contributed by atoms with E-state index < -0.39 is 69.1 Å². The van der Waals surface area contributed by atoms with Crippen molar-refractivity contribution < 1.29 is 44.0 Å². The van der Waals surface area contributed by atoms with Crippen LogP contribution in [-0.4, -0.2) is 44.9 Å². The number of carboxylic acids is 3. The van der Waals surface area contributed by atoms with Crippen molar-refractivity contribution in [2.75, 3.05) is 5.32 Å². The minimum atomic E-state index is -2.00. The molecule has 2 rings (SSSR count). The van der Waals surface area contributed by atoms with Crippen molar-refractivity contribution in [1.82, 2.24) is 0 Å². The highest BCUT2D eigenvalue weighted by molar-refractivity contribution is 6.16. The number of carbonyl (C=O) groups excluding carboxylic acids is 2. The molecule has 2 aromatic rings. The number of ketones is 1. The zero-order valence-corrected chi connectivity index (χ0v) is 29.2. The molecule has 1 unspecified atom stereocenters.